The standard InChI is InChI=1S/C11H27N3/c1-2-3-4-11(5-8-12,6-9-13)7-10-14/h2-10,12-14H2,1H3. The van der Waals surface area contributed by atoms with E-state index in [-0.39, 0.29) is 0 Å². The smallest absolute Gasteiger partial charge is 0.00720 e. The molecule has 0 aliphatic carbocycles. The Kier molecular flexibility index (Phi) is 8.14. The van der Waals surface area contributed by atoms with Crippen LogP contribution >= 0.6 is 0 Å². The zero-order valence-corrected chi connectivity index (χ0v) is 9.60. The molecule has 0 rings (SSSR count). The molecule has 0 aromatic rings. The molecule has 0 spiro atoms. The van der Waals surface area contributed by atoms with Gasteiger partial charge in [-0.1, -0.05) is 19.8 Å². The van der Waals surface area contributed by atoms with Gasteiger partial charge >= 0.3 is 0 Å². The van der Waals surface area contributed by atoms with Crippen molar-refractivity contribution in [2.45, 2.75) is 45.4 Å². The highest BCUT2D eigenvalue weighted by Crippen LogP contribution is 2.35. The van der Waals surface area contributed by atoms with Gasteiger partial charge in [0, 0.05) is 0 Å². The molecule has 0 bridgehead atoms. The summed E-state index contributed by atoms with van der Waals surface area (Å²) in [7, 11) is 0. The van der Waals surface area contributed by atoms with Crippen LogP contribution in [0.1, 0.15) is 45.4 Å². The fourth-order valence-corrected chi connectivity index (χ4v) is 2.22. The minimum absolute atomic E-state index is 0.328. The number of rotatable bonds is 9. The number of hydrogen-bond donors (Lipinski definition) is 3. The van der Waals surface area contributed by atoms with Crippen LogP contribution in [0.15, 0.2) is 0 Å². The molecule has 0 aliphatic heterocycles. The number of hydrogen-bond acceptors (Lipinski definition) is 3. The Bertz CT molecular complexity index is 109. The average molecular weight is 201 g/mol. The van der Waals surface area contributed by atoms with Crippen molar-refractivity contribution in [3.8, 4) is 0 Å². The molecule has 0 saturated carbocycles. The van der Waals surface area contributed by atoms with Crippen LogP contribution in [-0.2, 0) is 0 Å². The molecular formula is C11H27N3. The first kappa shape index (κ1) is 13.9. The van der Waals surface area contributed by atoms with E-state index < -0.39 is 0 Å². The second-order valence-corrected chi connectivity index (χ2v) is 4.22. The average Bonchev–Trinajstić information content (AvgIpc) is 2.16. The lowest BCUT2D eigenvalue weighted by Crippen LogP contribution is -2.30. The van der Waals surface area contributed by atoms with Gasteiger partial charge in [0.25, 0.3) is 0 Å². The summed E-state index contributed by atoms with van der Waals surface area (Å²) < 4.78 is 0. The highest BCUT2D eigenvalue weighted by atomic mass is 14.6. The Morgan fingerprint density at radius 1 is 0.786 bits per heavy atom. The molecule has 0 radical (unpaired) electrons. The Balaban J connectivity index is 4.21. The molecular weight excluding hydrogens is 174 g/mol. The van der Waals surface area contributed by atoms with Gasteiger partial charge in [-0.15, -0.1) is 0 Å². The Morgan fingerprint density at radius 2 is 1.21 bits per heavy atom. The fourth-order valence-electron chi connectivity index (χ4n) is 2.22. The van der Waals surface area contributed by atoms with Gasteiger partial charge in [-0.3, -0.25) is 0 Å². The first-order valence-electron chi connectivity index (χ1n) is 5.85. The SMILES string of the molecule is CCCCC(CCN)(CCN)CCN. The van der Waals surface area contributed by atoms with E-state index in [1.807, 2.05) is 0 Å². The van der Waals surface area contributed by atoms with Crippen LogP contribution < -0.4 is 17.2 Å². The quantitative estimate of drug-likeness (QED) is 0.524. The summed E-state index contributed by atoms with van der Waals surface area (Å²) >= 11 is 0. The predicted octanol–water partition coefficient (Wildman–Crippen LogP) is 1.21. The molecule has 0 fully saturated rings. The van der Waals surface area contributed by atoms with Gasteiger partial charge in [0.1, 0.15) is 0 Å². The van der Waals surface area contributed by atoms with E-state index in [4.69, 9.17) is 17.2 Å². The Hall–Kier alpha value is -0.120. The molecule has 0 amide bonds. The summed E-state index contributed by atoms with van der Waals surface area (Å²) in [4.78, 5) is 0. The maximum atomic E-state index is 5.67. The molecule has 14 heavy (non-hydrogen) atoms. The third kappa shape index (κ3) is 4.94. The first-order valence-corrected chi connectivity index (χ1v) is 5.85. The number of nitrogens with two attached hydrogens (primary N) is 3. The van der Waals surface area contributed by atoms with Crippen molar-refractivity contribution in [3.05, 3.63) is 0 Å². The zero-order chi connectivity index (χ0) is 10.9. The van der Waals surface area contributed by atoms with Gasteiger partial charge in [-0.25, -0.2) is 0 Å². The van der Waals surface area contributed by atoms with Crippen molar-refractivity contribution >= 4 is 0 Å². The maximum absolute atomic E-state index is 5.67. The minimum atomic E-state index is 0.328. The van der Waals surface area contributed by atoms with Crippen LogP contribution in [0.3, 0.4) is 0 Å². The maximum Gasteiger partial charge on any atom is -0.00720 e. The lowest BCUT2D eigenvalue weighted by atomic mass is 9.74. The van der Waals surface area contributed by atoms with E-state index in [1.54, 1.807) is 0 Å². The topological polar surface area (TPSA) is 78.1 Å². The van der Waals surface area contributed by atoms with Gasteiger partial charge in [0.2, 0.25) is 0 Å². The molecule has 0 atom stereocenters. The van der Waals surface area contributed by atoms with Gasteiger partial charge in [-0.05, 0) is 50.7 Å². The molecule has 3 nitrogen and oxygen atoms in total. The lowest BCUT2D eigenvalue weighted by Gasteiger charge is -2.33. The van der Waals surface area contributed by atoms with Crippen LogP contribution in [-0.4, -0.2) is 19.6 Å². The molecule has 6 N–H and O–H groups in total. The van der Waals surface area contributed by atoms with Crippen molar-refractivity contribution in [3.63, 3.8) is 0 Å². The third-order valence-electron chi connectivity index (χ3n) is 3.08. The summed E-state index contributed by atoms with van der Waals surface area (Å²) in [6, 6.07) is 0. The molecule has 0 aliphatic rings. The van der Waals surface area contributed by atoms with Crippen LogP contribution in [0.2, 0.25) is 0 Å². The van der Waals surface area contributed by atoms with Crippen molar-refractivity contribution < 1.29 is 0 Å². The van der Waals surface area contributed by atoms with Crippen LogP contribution in [0.25, 0.3) is 0 Å². The predicted molar refractivity (Wildman–Crippen MR) is 63.0 cm³/mol. The van der Waals surface area contributed by atoms with E-state index in [9.17, 15) is 0 Å². The van der Waals surface area contributed by atoms with Crippen LogP contribution in [0.5, 0.6) is 0 Å². The second-order valence-electron chi connectivity index (χ2n) is 4.22. The minimum Gasteiger partial charge on any atom is -0.330 e. The van der Waals surface area contributed by atoms with E-state index in [0.29, 0.717) is 5.41 Å². The van der Waals surface area contributed by atoms with Crippen molar-refractivity contribution in [1.82, 2.24) is 0 Å². The van der Waals surface area contributed by atoms with Crippen LogP contribution in [0.4, 0.5) is 0 Å². The molecule has 0 aromatic carbocycles. The highest BCUT2D eigenvalue weighted by molar-refractivity contribution is 4.80. The largest absolute Gasteiger partial charge is 0.330 e. The van der Waals surface area contributed by atoms with Gasteiger partial charge < -0.3 is 17.2 Å². The first-order chi connectivity index (χ1) is 6.74. The normalized spacial score (nSPS) is 12.0. The Morgan fingerprint density at radius 3 is 1.50 bits per heavy atom. The van der Waals surface area contributed by atoms with Crippen molar-refractivity contribution in [2.75, 3.05) is 19.6 Å². The number of unbranched alkanes of at least 4 members (excludes halogenated alkanes) is 1. The molecule has 0 aromatic heterocycles. The van der Waals surface area contributed by atoms with Gasteiger partial charge in [0.15, 0.2) is 0 Å². The van der Waals surface area contributed by atoms with E-state index in [0.717, 1.165) is 38.9 Å². The van der Waals surface area contributed by atoms with Gasteiger partial charge in [-0.2, -0.15) is 0 Å². The Labute approximate surface area is 88.4 Å². The molecule has 0 unspecified atom stereocenters. The van der Waals surface area contributed by atoms with E-state index in [1.165, 1.54) is 19.3 Å². The monoisotopic (exact) mass is 201 g/mol. The van der Waals surface area contributed by atoms with E-state index in [2.05, 4.69) is 6.92 Å². The molecule has 3 heteroatoms. The second kappa shape index (κ2) is 8.21. The summed E-state index contributed by atoms with van der Waals surface area (Å²) in [5, 5.41) is 0. The molecule has 0 saturated heterocycles. The van der Waals surface area contributed by atoms with Gasteiger partial charge in [0.05, 0.1) is 0 Å². The third-order valence-corrected chi connectivity index (χ3v) is 3.08. The van der Waals surface area contributed by atoms with Crippen molar-refractivity contribution in [2.24, 2.45) is 22.6 Å². The highest BCUT2D eigenvalue weighted by Gasteiger charge is 2.26. The molecule has 0 heterocycles. The lowest BCUT2D eigenvalue weighted by molar-refractivity contribution is 0.205. The fraction of sp³-hybridized carbons (Fsp3) is 1.00. The van der Waals surface area contributed by atoms with Crippen molar-refractivity contribution in [1.29, 1.82) is 0 Å². The molecule has 86 valence electrons. The van der Waals surface area contributed by atoms with E-state index >= 15 is 0 Å². The summed E-state index contributed by atoms with van der Waals surface area (Å²) in [6.45, 7) is 4.48. The summed E-state index contributed by atoms with van der Waals surface area (Å²) in [5.74, 6) is 0. The summed E-state index contributed by atoms with van der Waals surface area (Å²) in [5.41, 5.74) is 17.3. The summed E-state index contributed by atoms with van der Waals surface area (Å²) in [6.07, 6.45) is 6.95. The zero-order valence-electron chi connectivity index (χ0n) is 9.60. The van der Waals surface area contributed by atoms with Crippen LogP contribution in [0, 0.1) is 5.41 Å².